The zero-order valence-electron chi connectivity index (χ0n) is 7.92. The predicted molar refractivity (Wildman–Crippen MR) is 53.2 cm³/mol. The molecule has 0 aliphatic rings. The lowest BCUT2D eigenvalue weighted by Crippen LogP contribution is -2.07. The molecule has 0 fully saturated rings. The summed E-state index contributed by atoms with van der Waals surface area (Å²) in [6, 6.07) is 0. The lowest BCUT2D eigenvalue weighted by atomic mass is 10.5. The minimum Gasteiger partial charge on any atom is -0.361 e. The Morgan fingerprint density at radius 2 is 2.27 bits per heavy atom. The van der Waals surface area contributed by atoms with E-state index in [0.717, 1.165) is 5.82 Å². The molecule has 0 aromatic carbocycles. The number of hydrogen-bond donors (Lipinski definition) is 1. The Morgan fingerprint density at radius 3 is 2.93 bits per heavy atom. The van der Waals surface area contributed by atoms with Gasteiger partial charge in [-0.05, 0) is 11.6 Å². The lowest BCUT2D eigenvalue weighted by molar-refractivity contribution is 0.807. The maximum Gasteiger partial charge on any atom is 0.244 e. The van der Waals surface area contributed by atoms with Gasteiger partial charge in [0.15, 0.2) is 5.82 Å². The van der Waals surface area contributed by atoms with Gasteiger partial charge in [-0.25, -0.2) is 0 Å². The van der Waals surface area contributed by atoms with Gasteiger partial charge >= 0.3 is 0 Å². The van der Waals surface area contributed by atoms with E-state index in [2.05, 4.69) is 30.7 Å². The summed E-state index contributed by atoms with van der Waals surface area (Å²) in [7, 11) is 1.86. The highest BCUT2D eigenvalue weighted by molar-refractivity contribution is 6.28. The van der Waals surface area contributed by atoms with Crippen LogP contribution in [-0.4, -0.2) is 29.9 Å². The highest BCUT2D eigenvalue weighted by Crippen LogP contribution is 2.04. The van der Waals surface area contributed by atoms with Crippen molar-refractivity contribution >= 4 is 17.4 Å². The molecule has 2 aromatic heterocycles. The second kappa shape index (κ2) is 4.18. The fourth-order valence-corrected chi connectivity index (χ4v) is 1.14. The Bertz CT molecular complexity index is 454. The van der Waals surface area contributed by atoms with Crippen LogP contribution < -0.4 is 5.32 Å². The van der Waals surface area contributed by atoms with Gasteiger partial charge in [-0.15, -0.1) is 15.3 Å². The van der Waals surface area contributed by atoms with Crippen LogP contribution in [0.1, 0.15) is 5.82 Å². The summed E-state index contributed by atoms with van der Waals surface area (Å²) in [4.78, 5) is 3.93. The molecule has 0 radical (unpaired) electrons. The molecule has 0 aliphatic carbocycles. The van der Waals surface area contributed by atoms with Crippen molar-refractivity contribution in [1.29, 1.82) is 0 Å². The first-order valence-corrected chi connectivity index (χ1v) is 4.55. The van der Waals surface area contributed by atoms with Crippen LogP contribution in [0.4, 0.5) is 5.82 Å². The molecule has 2 aromatic rings. The summed E-state index contributed by atoms with van der Waals surface area (Å²) in [6.45, 7) is 0.505. The normalized spacial score (nSPS) is 10.3. The molecule has 0 saturated carbocycles. The van der Waals surface area contributed by atoms with Crippen LogP contribution in [0.5, 0.6) is 0 Å². The maximum atomic E-state index is 5.58. The second-order valence-corrected chi connectivity index (χ2v) is 3.16. The number of anilines is 1. The highest BCUT2D eigenvalue weighted by Gasteiger charge is 2.01. The van der Waals surface area contributed by atoms with E-state index in [0.29, 0.717) is 12.4 Å². The topological polar surface area (TPSA) is 81.4 Å². The largest absolute Gasteiger partial charge is 0.361 e. The first-order valence-electron chi connectivity index (χ1n) is 4.17. The van der Waals surface area contributed by atoms with E-state index in [4.69, 9.17) is 11.6 Å². The molecule has 2 heterocycles. The number of hydrogen-bond acceptors (Lipinski definition) is 6. The molecule has 0 unspecified atom stereocenters. The van der Waals surface area contributed by atoms with Crippen molar-refractivity contribution in [1.82, 2.24) is 29.9 Å². The lowest BCUT2D eigenvalue weighted by Gasteiger charge is -2.03. The summed E-state index contributed by atoms with van der Waals surface area (Å²) in [5.41, 5.74) is 0. The minimum atomic E-state index is 0.109. The van der Waals surface area contributed by atoms with Gasteiger partial charge in [0, 0.05) is 7.05 Å². The summed E-state index contributed by atoms with van der Waals surface area (Å²) in [6.07, 6.45) is 3.12. The van der Waals surface area contributed by atoms with Crippen LogP contribution in [0, 0.1) is 0 Å². The van der Waals surface area contributed by atoms with Crippen LogP contribution in [0.2, 0.25) is 5.28 Å². The summed E-state index contributed by atoms with van der Waals surface area (Å²) in [5, 5.41) is 18.0. The van der Waals surface area contributed by atoms with Gasteiger partial charge in [-0.2, -0.15) is 10.1 Å². The number of halogens is 1. The molecule has 0 spiro atoms. The fourth-order valence-electron chi connectivity index (χ4n) is 1.00. The Kier molecular flexibility index (Phi) is 2.72. The minimum absolute atomic E-state index is 0.109. The van der Waals surface area contributed by atoms with Crippen LogP contribution >= 0.6 is 11.6 Å². The SMILES string of the molecule is Cn1cnnc1CNc1cnnc(Cl)n1. The summed E-state index contributed by atoms with van der Waals surface area (Å²) < 4.78 is 1.81. The van der Waals surface area contributed by atoms with Crippen molar-refractivity contribution in [2.45, 2.75) is 6.54 Å². The molecular weight excluding hydrogens is 218 g/mol. The Hall–Kier alpha value is -1.76. The van der Waals surface area contributed by atoms with Crippen molar-refractivity contribution in [3.8, 4) is 0 Å². The fraction of sp³-hybridized carbons (Fsp3) is 0.286. The molecular formula is C7H8ClN7. The van der Waals surface area contributed by atoms with Crippen LogP contribution in [-0.2, 0) is 13.6 Å². The molecule has 0 bridgehead atoms. The van der Waals surface area contributed by atoms with Gasteiger partial charge < -0.3 is 9.88 Å². The smallest absolute Gasteiger partial charge is 0.244 e. The predicted octanol–water partition coefficient (Wildman–Crippen LogP) is 0.266. The number of aromatic nitrogens is 6. The molecule has 0 saturated heterocycles. The Balaban J connectivity index is 2.02. The monoisotopic (exact) mass is 225 g/mol. The molecule has 1 N–H and O–H groups in total. The Morgan fingerprint density at radius 1 is 1.40 bits per heavy atom. The standard InChI is InChI=1S/C7H8ClN7/c1-15-4-11-13-6(15)3-9-5-2-10-14-7(8)12-5/h2,4H,3H2,1H3,(H,9,12,14). The third-order valence-corrected chi connectivity index (χ3v) is 1.93. The molecule has 0 atom stereocenters. The van der Waals surface area contributed by atoms with Gasteiger partial charge in [0.2, 0.25) is 5.28 Å². The van der Waals surface area contributed by atoms with E-state index in [1.807, 2.05) is 11.6 Å². The zero-order valence-corrected chi connectivity index (χ0v) is 8.68. The Labute approximate surface area is 90.5 Å². The van der Waals surface area contributed by atoms with E-state index in [1.54, 1.807) is 6.33 Å². The maximum absolute atomic E-state index is 5.58. The van der Waals surface area contributed by atoms with Crippen LogP contribution in [0.25, 0.3) is 0 Å². The van der Waals surface area contributed by atoms with E-state index in [9.17, 15) is 0 Å². The summed E-state index contributed by atoms with van der Waals surface area (Å²) in [5.74, 6) is 1.35. The van der Waals surface area contributed by atoms with Gasteiger partial charge in [0.1, 0.15) is 12.1 Å². The number of aryl methyl sites for hydroxylation is 1. The average molecular weight is 226 g/mol. The third-order valence-electron chi connectivity index (χ3n) is 1.77. The van der Waals surface area contributed by atoms with Crippen molar-refractivity contribution in [3.05, 3.63) is 23.6 Å². The number of nitrogens with zero attached hydrogens (tertiary/aromatic N) is 6. The molecule has 78 valence electrons. The zero-order chi connectivity index (χ0) is 10.7. The van der Waals surface area contributed by atoms with Gasteiger partial charge in [0.05, 0.1) is 12.7 Å². The first-order chi connectivity index (χ1) is 7.25. The second-order valence-electron chi connectivity index (χ2n) is 2.82. The van der Waals surface area contributed by atoms with Crippen molar-refractivity contribution in [2.75, 3.05) is 5.32 Å². The third kappa shape index (κ3) is 2.38. The van der Waals surface area contributed by atoms with Crippen LogP contribution in [0.3, 0.4) is 0 Å². The molecule has 0 amide bonds. The van der Waals surface area contributed by atoms with Crippen LogP contribution in [0.15, 0.2) is 12.5 Å². The van der Waals surface area contributed by atoms with Gasteiger partial charge in [0.25, 0.3) is 0 Å². The number of rotatable bonds is 3. The summed E-state index contributed by atoms with van der Waals surface area (Å²) >= 11 is 5.58. The average Bonchev–Trinajstić information content (AvgIpc) is 2.61. The quantitative estimate of drug-likeness (QED) is 0.807. The molecule has 7 nitrogen and oxygen atoms in total. The van der Waals surface area contributed by atoms with Gasteiger partial charge in [-0.1, -0.05) is 0 Å². The molecule has 15 heavy (non-hydrogen) atoms. The van der Waals surface area contributed by atoms with Crippen molar-refractivity contribution in [3.63, 3.8) is 0 Å². The molecule has 8 heteroatoms. The van der Waals surface area contributed by atoms with E-state index < -0.39 is 0 Å². The molecule has 0 aliphatic heterocycles. The number of nitrogens with one attached hydrogen (secondary N) is 1. The highest BCUT2D eigenvalue weighted by atomic mass is 35.5. The molecule has 2 rings (SSSR count). The van der Waals surface area contributed by atoms with E-state index in [-0.39, 0.29) is 5.28 Å². The van der Waals surface area contributed by atoms with E-state index in [1.165, 1.54) is 6.20 Å². The first kappa shape index (κ1) is 9.78. The van der Waals surface area contributed by atoms with Gasteiger partial charge in [-0.3, -0.25) is 0 Å². The van der Waals surface area contributed by atoms with Crippen molar-refractivity contribution < 1.29 is 0 Å². The van der Waals surface area contributed by atoms with Crippen molar-refractivity contribution in [2.24, 2.45) is 7.05 Å². The van der Waals surface area contributed by atoms with E-state index >= 15 is 0 Å².